The van der Waals surface area contributed by atoms with Gasteiger partial charge in [-0.15, -0.1) is 0 Å². The summed E-state index contributed by atoms with van der Waals surface area (Å²) in [6.07, 6.45) is 0. The molecule has 0 spiro atoms. The molecule has 1 aromatic carbocycles. The van der Waals surface area contributed by atoms with Crippen LogP contribution in [-0.4, -0.2) is 36.1 Å². The number of hydrogen-bond acceptors (Lipinski definition) is 6. The van der Waals surface area contributed by atoms with Crippen molar-refractivity contribution in [3.8, 4) is 5.75 Å². The fraction of sp³-hybridized carbons (Fsp3) is 0.308. The first kappa shape index (κ1) is 16.0. The Labute approximate surface area is 120 Å². The van der Waals surface area contributed by atoms with Crippen molar-refractivity contribution in [1.29, 1.82) is 0 Å². The lowest BCUT2D eigenvalue weighted by Crippen LogP contribution is -2.42. The summed E-state index contributed by atoms with van der Waals surface area (Å²) in [5.74, 6) is -0.533. The third-order valence-corrected chi connectivity index (χ3v) is 2.99. The van der Waals surface area contributed by atoms with Gasteiger partial charge in [0.1, 0.15) is 11.8 Å². The predicted octanol–water partition coefficient (Wildman–Crippen LogP) is 1.60. The molecule has 1 rings (SSSR count). The van der Waals surface area contributed by atoms with Gasteiger partial charge in [-0.3, -0.25) is 4.79 Å². The zero-order chi connectivity index (χ0) is 15.0. The molecule has 0 bridgehead atoms. The highest BCUT2D eigenvalue weighted by molar-refractivity contribution is 8.13. The van der Waals surface area contributed by atoms with E-state index in [0.29, 0.717) is 5.75 Å². The van der Waals surface area contributed by atoms with Crippen LogP contribution in [0.1, 0.15) is 6.92 Å². The Morgan fingerprint density at radius 2 is 1.90 bits per heavy atom. The maximum absolute atomic E-state index is 11.6. The Morgan fingerprint density at radius 1 is 1.25 bits per heavy atom. The minimum Gasteiger partial charge on any atom is -0.467 e. The summed E-state index contributed by atoms with van der Waals surface area (Å²) < 4.78 is 9.59. The molecule has 0 heterocycles. The number of methoxy groups -OCH3 is 1. The van der Waals surface area contributed by atoms with Crippen molar-refractivity contribution in [2.45, 2.75) is 13.0 Å². The van der Waals surface area contributed by atoms with Crippen molar-refractivity contribution < 1.29 is 23.9 Å². The summed E-state index contributed by atoms with van der Waals surface area (Å²) in [5, 5.41) is 1.85. The van der Waals surface area contributed by atoms with Crippen molar-refractivity contribution >= 4 is 28.9 Å². The normalized spacial score (nSPS) is 11.3. The lowest BCUT2D eigenvalue weighted by molar-refractivity contribution is -0.144. The predicted molar refractivity (Wildman–Crippen MR) is 74.5 cm³/mol. The van der Waals surface area contributed by atoms with Gasteiger partial charge in [-0.1, -0.05) is 18.2 Å². The van der Waals surface area contributed by atoms with E-state index in [0.717, 1.165) is 11.8 Å². The molecule has 0 fully saturated rings. The molecule has 6 nitrogen and oxygen atoms in total. The largest absolute Gasteiger partial charge is 0.467 e. The van der Waals surface area contributed by atoms with Gasteiger partial charge in [0.2, 0.25) is 5.91 Å². The first-order valence-corrected chi connectivity index (χ1v) is 6.76. The van der Waals surface area contributed by atoms with Gasteiger partial charge in [-0.25, -0.2) is 9.59 Å². The Balaban J connectivity index is 2.48. The number of rotatable bonds is 5. The molecule has 0 aliphatic heterocycles. The summed E-state index contributed by atoms with van der Waals surface area (Å²) in [6, 6.07) is 7.68. The Hall–Kier alpha value is -2.02. The molecule has 108 valence electrons. The van der Waals surface area contributed by atoms with Crippen molar-refractivity contribution in [3.05, 3.63) is 30.3 Å². The van der Waals surface area contributed by atoms with Crippen LogP contribution in [0.2, 0.25) is 0 Å². The van der Waals surface area contributed by atoms with E-state index in [-0.39, 0.29) is 11.7 Å². The maximum atomic E-state index is 11.6. The van der Waals surface area contributed by atoms with Gasteiger partial charge in [0.15, 0.2) is 0 Å². The number of ether oxygens (including phenoxy) is 2. The number of thioether (sulfide) groups is 1. The average Bonchev–Trinajstić information content (AvgIpc) is 2.43. The number of para-hydroxylation sites is 1. The Kier molecular flexibility index (Phi) is 6.58. The van der Waals surface area contributed by atoms with Gasteiger partial charge in [0, 0.05) is 12.7 Å². The third-order valence-electron chi connectivity index (χ3n) is 2.18. The van der Waals surface area contributed by atoms with Crippen LogP contribution in [0.4, 0.5) is 4.79 Å². The number of esters is 1. The quantitative estimate of drug-likeness (QED) is 0.831. The van der Waals surface area contributed by atoms with Crippen molar-refractivity contribution in [1.82, 2.24) is 5.32 Å². The molecule has 0 aliphatic carbocycles. The van der Waals surface area contributed by atoms with Crippen molar-refractivity contribution in [3.63, 3.8) is 0 Å². The van der Waals surface area contributed by atoms with Gasteiger partial charge in [-0.2, -0.15) is 0 Å². The van der Waals surface area contributed by atoms with E-state index in [9.17, 15) is 14.4 Å². The molecule has 0 radical (unpaired) electrons. The SMILES string of the molecule is COC(=O)[C@H](CSC(=O)Oc1ccccc1)NC(C)=O. The van der Waals surface area contributed by atoms with E-state index in [4.69, 9.17) is 4.74 Å². The van der Waals surface area contributed by atoms with Crippen molar-refractivity contribution in [2.24, 2.45) is 0 Å². The summed E-state index contributed by atoms with van der Waals surface area (Å²) in [5.41, 5.74) is 0. The number of amides is 1. The zero-order valence-electron chi connectivity index (χ0n) is 11.1. The minimum atomic E-state index is -0.883. The second-order valence-corrected chi connectivity index (χ2v) is 4.71. The summed E-state index contributed by atoms with van der Waals surface area (Å²) in [6.45, 7) is 1.28. The summed E-state index contributed by atoms with van der Waals surface area (Å²) in [7, 11) is 1.21. The zero-order valence-corrected chi connectivity index (χ0v) is 11.9. The Morgan fingerprint density at radius 3 is 2.45 bits per heavy atom. The molecule has 20 heavy (non-hydrogen) atoms. The van der Waals surface area contributed by atoms with Crippen LogP contribution in [0.25, 0.3) is 0 Å². The van der Waals surface area contributed by atoms with Crippen molar-refractivity contribution in [2.75, 3.05) is 12.9 Å². The number of carbonyl (C=O) groups is 3. The fourth-order valence-corrected chi connectivity index (χ4v) is 2.00. The molecular formula is C13H15NO5S. The lowest BCUT2D eigenvalue weighted by Gasteiger charge is -2.14. The average molecular weight is 297 g/mol. The first-order valence-electron chi connectivity index (χ1n) is 5.77. The smallest absolute Gasteiger partial charge is 0.372 e. The van der Waals surface area contributed by atoms with Crippen LogP contribution >= 0.6 is 11.8 Å². The number of benzene rings is 1. The van der Waals surface area contributed by atoms with E-state index < -0.39 is 17.3 Å². The van der Waals surface area contributed by atoms with Crippen LogP contribution in [0.15, 0.2) is 30.3 Å². The summed E-state index contributed by atoms with van der Waals surface area (Å²) >= 11 is 0.788. The van der Waals surface area contributed by atoms with Crippen LogP contribution < -0.4 is 10.1 Å². The Bertz CT molecular complexity index is 477. The van der Waals surface area contributed by atoms with Gasteiger partial charge in [0.25, 0.3) is 0 Å². The van der Waals surface area contributed by atoms with Crippen LogP contribution in [0, 0.1) is 0 Å². The molecule has 0 saturated heterocycles. The topological polar surface area (TPSA) is 81.7 Å². The van der Waals surface area contributed by atoms with Gasteiger partial charge >= 0.3 is 11.3 Å². The standard InChI is InChI=1S/C13H15NO5S/c1-9(15)14-11(12(16)18-2)8-20-13(17)19-10-6-4-3-5-7-10/h3-7,11H,8H2,1-2H3,(H,14,15)/t11-/m0/s1. The molecule has 7 heteroatoms. The summed E-state index contributed by atoms with van der Waals surface area (Å²) in [4.78, 5) is 34.0. The highest BCUT2D eigenvalue weighted by Gasteiger charge is 2.22. The molecule has 1 atom stereocenters. The van der Waals surface area contributed by atoms with E-state index >= 15 is 0 Å². The number of hydrogen-bond donors (Lipinski definition) is 1. The number of carbonyl (C=O) groups excluding carboxylic acids is 3. The van der Waals surface area contributed by atoms with Gasteiger partial charge in [-0.05, 0) is 23.9 Å². The van der Waals surface area contributed by atoms with E-state index in [1.54, 1.807) is 30.3 Å². The molecule has 0 aromatic heterocycles. The van der Waals surface area contributed by atoms with E-state index in [1.165, 1.54) is 14.0 Å². The maximum Gasteiger partial charge on any atom is 0.372 e. The third kappa shape index (κ3) is 5.75. The fourth-order valence-electron chi connectivity index (χ4n) is 1.32. The highest BCUT2D eigenvalue weighted by Crippen LogP contribution is 2.14. The molecular weight excluding hydrogens is 282 g/mol. The first-order chi connectivity index (χ1) is 9.52. The molecule has 0 unspecified atom stereocenters. The lowest BCUT2D eigenvalue weighted by atomic mass is 10.3. The second-order valence-electron chi connectivity index (χ2n) is 3.75. The van der Waals surface area contributed by atoms with E-state index in [1.807, 2.05) is 0 Å². The monoisotopic (exact) mass is 297 g/mol. The van der Waals surface area contributed by atoms with Gasteiger partial charge < -0.3 is 14.8 Å². The molecule has 1 amide bonds. The molecule has 0 aliphatic rings. The molecule has 0 saturated carbocycles. The van der Waals surface area contributed by atoms with Crippen LogP contribution in [0.5, 0.6) is 5.75 Å². The number of nitrogens with one attached hydrogen (secondary N) is 1. The van der Waals surface area contributed by atoms with Crippen LogP contribution in [-0.2, 0) is 14.3 Å². The minimum absolute atomic E-state index is 0.0396. The molecule has 1 N–H and O–H groups in total. The van der Waals surface area contributed by atoms with Gasteiger partial charge in [0.05, 0.1) is 7.11 Å². The highest BCUT2D eigenvalue weighted by atomic mass is 32.2. The molecule has 1 aromatic rings. The van der Waals surface area contributed by atoms with Crippen LogP contribution in [0.3, 0.4) is 0 Å². The van der Waals surface area contributed by atoms with E-state index in [2.05, 4.69) is 10.1 Å². The second kappa shape index (κ2) is 8.21.